The van der Waals surface area contributed by atoms with E-state index >= 15 is 0 Å². The molecule has 122 valence electrons. The molecule has 2 atom stereocenters. The monoisotopic (exact) mass is 308 g/mol. The zero-order valence-electron chi connectivity index (χ0n) is 12.2. The summed E-state index contributed by atoms with van der Waals surface area (Å²) in [5.41, 5.74) is -0.451. The van der Waals surface area contributed by atoms with Crippen LogP contribution in [0.4, 0.5) is 13.2 Å². The van der Waals surface area contributed by atoms with Gasteiger partial charge in [0.05, 0.1) is 5.41 Å². The standard InChI is InChI=1S/C14H23F3N2O2/c1-13(5-2-6-18-9-13)12(21)19-7-3-10(4-8-19)11(20)14(15,16)17/h10-11,18,20H,2-9H2,1H3. The summed E-state index contributed by atoms with van der Waals surface area (Å²) in [4.78, 5) is 14.2. The van der Waals surface area contributed by atoms with Crippen molar-refractivity contribution in [1.29, 1.82) is 0 Å². The van der Waals surface area contributed by atoms with Gasteiger partial charge in [-0.3, -0.25) is 4.79 Å². The fourth-order valence-corrected chi connectivity index (χ4v) is 3.31. The predicted octanol–water partition coefficient (Wildman–Crippen LogP) is 1.54. The Kier molecular flexibility index (Phi) is 4.82. The number of aliphatic hydroxyl groups excluding tert-OH is 1. The third-order valence-corrected chi connectivity index (χ3v) is 4.72. The quantitative estimate of drug-likeness (QED) is 0.813. The largest absolute Gasteiger partial charge is 0.414 e. The molecule has 0 spiro atoms. The van der Waals surface area contributed by atoms with Gasteiger partial charge in [0.2, 0.25) is 5.91 Å². The summed E-state index contributed by atoms with van der Waals surface area (Å²) in [6, 6.07) is 0. The van der Waals surface area contributed by atoms with E-state index in [2.05, 4.69) is 5.32 Å². The average Bonchev–Trinajstić information content (AvgIpc) is 2.46. The van der Waals surface area contributed by atoms with Gasteiger partial charge in [-0.1, -0.05) is 0 Å². The number of alkyl halides is 3. The molecule has 2 N–H and O–H groups in total. The first-order chi connectivity index (χ1) is 9.74. The first-order valence-corrected chi connectivity index (χ1v) is 7.49. The predicted molar refractivity (Wildman–Crippen MR) is 71.6 cm³/mol. The lowest BCUT2D eigenvalue weighted by atomic mass is 9.80. The minimum absolute atomic E-state index is 0.0228. The van der Waals surface area contributed by atoms with Gasteiger partial charge in [0.1, 0.15) is 0 Å². The summed E-state index contributed by atoms with van der Waals surface area (Å²) in [5, 5.41) is 12.5. The minimum atomic E-state index is -4.57. The van der Waals surface area contributed by atoms with E-state index in [0.717, 1.165) is 19.4 Å². The van der Waals surface area contributed by atoms with Gasteiger partial charge in [0.25, 0.3) is 0 Å². The van der Waals surface area contributed by atoms with Gasteiger partial charge in [-0.05, 0) is 45.1 Å². The lowest BCUT2D eigenvalue weighted by Crippen LogP contribution is -2.53. The maximum Gasteiger partial charge on any atom is 0.414 e. The number of nitrogens with one attached hydrogen (secondary N) is 1. The van der Waals surface area contributed by atoms with Crippen molar-refractivity contribution >= 4 is 5.91 Å². The smallest absolute Gasteiger partial charge is 0.383 e. The van der Waals surface area contributed by atoms with E-state index < -0.39 is 23.6 Å². The van der Waals surface area contributed by atoms with Gasteiger partial charge in [-0.15, -0.1) is 0 Å². The van der Waals surface area contributed by atoms with Crippen LogP contribution in [0.5, 0.6) is 0 Å². The number of aliphatic hydroxyl groups is 1. The van der Waals surface area contributed by atoms with Crippen molar-refractivity contribution in [1.82, 2.24) is 10.2 Å². The number of hydrogen-bond acceptors (Lipinski definition) is 3. The maximum atomic E-state index is 12.5. The Morgan fingerprint density at radius 2 is 2.00 bits per heavy atom. The zero-order valence-corrected chi connectivity index (χ0v) is 12.2. The summed E-state index contributed by atoms with van der Waals surface area (Å²) < 4.78 is 37.5. The van der Waals surface area contributed by atoms with Crippen LogP contribution in [0.15, 0.2) is 0 Å². The van der Waals surface area contributed by atoms with E-state index in [1.807, 2.05) is 6.92 Å². The summed E-state index contributed by atoms with van der Waals surface area (Å²) >= 11 is 0. The maximum absolute atomic E-state index is 12.5. The Labute approximate surface area is 122 Å². The summed E-state index contributed by atoms with van der Waals surface area (Å²) in [5.74, 6) is -0.777. The van der Waals surface area contributed by atoms with Gasteiger partial charge in [-0.2, -0.15) is 13.2 Å². The molecule has 2 aliphatic rings. The highest BCUT2D eigenvalue weighted by Crippen LogP contribution is 2.34. The Bertz CT molecular complexity index is 373. The molecule has 0 aromatic carbocycles. The molecule has 4 nitrogen and oxygen atoms in total. The third-order valence-electron chi connectivity index (χ3n) is 4.72. The zero-order chi connectivity index (χ0) is 15.7. The van der Waals surface area contributed by atoms with E-state index in [4.69, 9.17) is 0 Å². The van der Waals surface area contributed by atoms with Crippen LogP contribution in [0.25, 0.3) is 0 Å². The molecule has 0 aromatic rings. The highest BCUT2D eigenvalue weighted by Gasteiger charge is 2.45. The number of carbonyl (C=O) groups is 1. The SMILES string of the molecule is CC1(C(=O)N2CCC(C(O)C(F)(F)F)CC2)CCCNC1. The molecule has 0 radical (unpaired) electrons. The number of likely N-dealkylation sites (tertiary alicyclic amines) is 1. The number of nitrogens with zero attached hydrogens (tertiary/aromatic N) is 1. The lowest BCUT2D eigenvalue weighted by molar-refractivity contribution is -0.223. The van der Waals surface area contributed by atoms with Gasteiger partial charge in [0.15, 0.2) is 6.10 Å². The molecule has 2 saturated heterocycles. The molecule has 7 heteroatoms. The fourth-order valence-electron chi connectivity index (χ4n) is 3.31. The molecule has 2 rings (SSSR count). The second kappa shape index (κ2) is 6.12. The molecule has 0 bridgehead atoms. The van der Waals surface area contributed by atoms with Crippen LogP contribution in [0, 0.1) is 11.3 Å². The van der Waals surface area contributed by atoms with Gasteiger partial charge < -0.3 is 15.3 Å². The summed E-state index contributed by atoms with van der Waals surface area (Å²) in [7, 11) is 0. The van der Waals surface area contributed by atoms with Crippen LogP contribution in [0.3, 0.4) is 0 Å². The Morgan fingerprint density at radius 1 is 1.38 bits per heavy atom. The Morgan fingerprint density at radius 3 is 2.48 bits per heavy atom. The molecule has 0 aliphatic carbocycles. The first-order valence-electron chi connectivity index (χ1n) is 7.49. The highest BCUT2D eigenvalue weighted by atomic mass is 19.4. The Hall–Kier alpha value is -0.820. The molecule has 0 saturated carbocycles. The second-order valence-corrected chi connectivity index (χ2v) is 6.46. The van der Waals surface area contributed by atoms with Crippen molar-refractivity contribution in [2.24, 2.45) is 11.3 Å². The van der Waals surface area contributed by atoms with Crippen LogP contribution >= 0.6 is 0 Å². The minimum Gasteiger partial charge on any atom is -0.383 e. The van der Waals surface area contributed by atoms with Crippen LogP contribution in [-0.4, -0.2) is 54.4 Å². The number of halogens is 3. The van der Waals surface area contributed by atoms with Crippen LogP contribution in [0.2, 0.25) is 0 Å². The Balaban J connectivity index is 1.90. The van der Waals surface area contributed by atoms with Gasteiger partial charge in [-0.25, -0.2) is 0 Å². The third kappa shape index (κ3) is 3.69. The highest BCUT2D eigenvalue weighted by molar-refractivity contribution is 5.82. The summed E-state index contributed by atoms with van der Waals surface area (Å²) in [6.45, 7) is 4.04. The molecule has 2 aliphatic heterocycles. The molecule has 0 aromatic heterocycles. The normalized spacial score (nSPS) is 30.2. The molecule has 2 fully saturated rings. The number of amides is 1. The topological polar surface area (TPSA) is 52.6 Å². The van der Waals surface area contributed by atoms with E-state index in [0.29, 0.717) is 19.6 Å². The molecular formula is C14H23F3N2O2. The first kappa shape index (κ1) is 16.5. The number of piperidine rings is 2. The molecule has 2 heterocycles. The lowest BCUT2D eigenvalue weighted by Gasteiger charge is -2.41. The van der Waals surface area contributed by atoms with Crippen LogP contribution < -0.4 is 5.32 Å². The molecule has 21 heavy (non-hydrogen) atoms. The van der Waals surface area contributed by atoms with E-state index in [1.54, 1.807) is 4.90 Å². The number of hydrogen-bond donors (Lipinski definition) is 2. The van der Waals surface area contributed by atoms with Crippen molar-refractivity contribution < 1.29 is 23.1 Å². The van der Waals surface area contributed by atoms with E-state index in [-0.39, 0.29) is 18.7 Å². The van der Waals surface area contributed by atoms with E-state index in [9.17, 15) is 23.1 Å². The van der Waals surface area contributed by atoms with Crippen molar-refractivity contribution in [3.05, 3.63) is 0 Å². The van der Waals surface area contributed by atoms with Crippen molar-refractivity contribution in [2.75, 3.05) is 26.2 Å². The molecule has 1 amide bonds. The van der Waals surface area contributed by atoms with Crippen molar-refractivity contribution in [3.63, 3.8) is 0 Å². The summed E-state index contributed by atoms with van der Waals surface area (Å²) in [6.07, 6.45) is -4.70. The second-order valence-electron chi connectivity index (χ2n) is 6.46. The average molecular weight is 308 g/mol. The van der Waals surface area contributed by atoms with Gasteiger partial charge in [0, 0.05) is 19.6 Å². The molecule has 2 unspecified atom stereocenters. The fraction of sp³-hybridized carbons (Fsp3) is 0.929. The number of carbonyl (C=O) groups excluding carboxylic acids is 1. The van der Waals surface area contributed by atoms with E-state index in [1.165, 1.54) is 0 Å². The van der Waals surface area contributed by atoms with Crippen molar-refractivity contribution in [2.45, 2.75) is 44.9 Å². The molecular weight excluding hydrogens is 285 g/mol. The number of rotatable bonds is 2. The van der Waals surface area contributed by atoms with Crippen LogP contribution in [0.1, 0.15) is 32.6 Å². The van der Waals surface area contributed by atoms with Gasteiger partial charge >= 0.3 is 6.18 Å². The van der Waals surface area contributed by atoms with Crippen LogP contribution in [-0.2, 0) is 4.79 Å². The van der Waals surface area contributed by atoms with Crippen molar-refractivity contribution in [3.8, 4) is 0 Å².